The van der Waals surface area contributed by atoms with Crippen molar-refractivity contribution in [3.8, 4) is 0 Å². The standard InChI is InChI=1S/C28H42N6O7/c1-16(2)13-19(30)25(37)32-21(10-11-24(35)36)26(38)34-23(14-17-15-31-20-8-4-3-7-18(17)20)27(39)33-22(28(40)41)9-5-6-12-29/h3-4,7-8,15-16,19,21-23,31H,5-6,9-14,29-30H2,1-2H3,(H,32,37)(H,33,39)(H,34,38)(H,35,36)(H,40,41). The molecule has 0 fully saturated rings. The number of carboxylic acids is 2. The van der Waals surface area contributed by atoms with Crippen molar-refractivity contribution in [2.45, 2.75) is 83.0 Å². The third kappa shape index (κ3) is 10.8. The summed E-state index contributed by atoms with van der Waals surface area (Å²) in [5.74, 6) is -4.42. The van der Waals surface area contributed by atoms with Crippen LogP contribution in [-0.4, -0.2) is 75.6 Å². The summed E-state index contributed by atoms with van der Waals surface area (Å²) in [6.07, 6.45) is 2.61. The number of carboxylic acid groups (broad SMARTS) is 2. The van der Waals surface area contributed by atoms with Crippen LogP contribution >= 0.6 is 0 Å². The Balaban J connectivity index is 2.31. The van der Waals surface area contributed by atoms with Crippen LogP contribution in [0.5, 0.6) is 0 Å². The fourth-order valence-electron chi connectivity index (χ4n) is 4.45. The average molecular weight is 575 g/mol. The molecule has 0 aliphatic heterocycles. The van der Waals surface area contributed by atoms with Crippen molar-refractivity contribution in [1.82, 2.24) is 20.9 Å². The zero-order valence-corrected chi connectivity index (χ0v) is 23.5. The quantitative estimate of drug-likeness (QED) is 0.116. The van der Waals surface area contributed by atoms with Crippen molar-refractivity contribution in [2.75, 3.05) is 6.54 Å². The van der Waals surface area contributed by atoms with Crippen LogP contribution in [0.4, 0.5) is 0 Å². The summed E-state index contributed by atoms with van der Waals surface area (Å²) in [7, 11) is 0. The van der Waals surface area contributed by atoms with E-state index >= 15 is 0 Å². The van der Waals surface area contributed by atoms with Crippen LogP contribution in [0.1, 0.15) is 57.9 Å². The first-order chi connectivity index (χ1) is 19.4. The molecule has 2 aromatic rings. The molecule has 13 heteroatoms. The number of hydrogen-bond donors (Lipinski definition) is 8. The first-order valence-electron chi connectivity index (χ1n) is 13.8. The van der Waals surface area contributed by atoms with Crippen LogP contribution in [0.2, 0.25) is 0 Å². The van der Waals surface area contributed by atoms with E-state index in [1.54, 1.807) is 6.20 Å². The van der Waals surface area contributed by atoms with Gasteiger partial charge in [-0.1, -0.05) is 32.0 Å². The Bertz CT molecular complexity index is 1200. The van der Waals surface area contributed by atoms with E-state index in [1.807, 2.05) is 38.1 Å². The highest BCUT2D eigenvalue weighted by Crippen LogP contribution is 2.19. The molecule has 1 heterocycles. The van der Waals surface area contributed by atoms with Crippen LogP contribution in [0.15, 0.2) is 30.5 Å². The summed E-state index contributed by atoms with van der Waals surface area (Å²) in [6, 6.07) is 2.73. The molecule has 10 N–H and O–H groups in total. The normalized spacial score (nSPS) is 14.2. The van der Waals surface area contributed by atoms with Crippen molar-refractivity contribution in [1.29, 1.82) is 0 Å². The summed E-state index contributed by atoms with van der Waals surface area (Å²) in [5.41, 5.74) is 13.0. The van der Waals surface area contributed by atoms with Gasteiger partial charge >= 0.3 is 11.9 Å². The zero-order valence-electron chi connectivity index (χ0n) is 23.5. The molecule has 0 bridgehead atoms. The number of unbranched alkanes of at least 4 members (excludes halogenated alkanes) is 1. The fraction of sp³-hybridized carbons (Fsp3) is 0.536. The van der Waals surface area contributed by atoms with E-state index in [9.17, 15) is 34.2 Å². The Morgan fingerprint density at radius 3 is 2.15 bits per heavy atom. The Morgan fingerprint density at radius 2 is 1.51 bits per heavy atom. The van der Waals surface area contributed by atoms with Crippen LogP contribution in [0.25, 0.3) is 10.9 Å². The third-order valence-corrected chi connectivity index (χ3v) is 6.64. The number of nitrogens with one attached hydrogen (secondary N) is 4. The summed E-state index contributed by atoms with van der Waals surface area (Å²) in [4.78, 5) is 65.7. The van der Waals surface area contributed by atoms with E-state index in [-0.39, 0.29) is 25.2 Å². The lowest BCUT2D eigenvalue weighted by molar-refractivity contribution is -0.142. The molecule has 0 aliphatic rings. The molecule has 3 amide bonds. The van der Waals surface area contributed by atoms with Gasteiger partial charge in [-0.3, -0.25) is 19.2 Å². The number of hydrogen-bond acceptors (Lipinski definition) is 7. The number of benzene rings is 1. The molecular formula is C28H42N6O7. The van der Waals surface area contributed by atoms with Gasteiger partial charge in [-0.05, 0) is 56.2 Å². The molecule has 13 nitrogen and oxygen atoms in total. The summed E-state index contributed by atoms with van der Waals surface area (Å²) in [5, 5.41) is 27.3. The van der Waals surface area contributed by atoms with Gasteiger partial charge in [0, 0.05) is 29.9 Å². The number of aromatic amines is 1. The Labute approximate surface area is 238 Å². The molecule has 41 heavy (non-hydrogen) atoms. The van der Waals surface area contributed by atoms with Crippen LogP contribution in [-0.2, 0) is 30.4 Å². The minimum absolute atomic E-state index is 0.00316. The van der Waals surface area contributed by atoms with E-state index in [0.29, 0.717) is 31.4 Å². The molecule has 1 aromatic carbocycles. The number of rotatable bonds is 18. The van der Waals surface area contributed by atoms with E-state index in [0.717, 1.165) is 10.9 Å². The SMILES string of the molecule is CC(C)CC(N)C(=O)NC(CCC(=O)O)C(=O)NC(Cc1c[nH]c2ccccc12)C(=O)NC(CCCCN)C(=O)O. The number of carbonyl (C=O) groups is 5. The van der Waals surface area contributed by atoms with Gasteiger partial charge in [0.15, 0.2) is 0 Å². The van der Waals surface area contributed by atoms with E-state index in [4.69, 9.17) is 11.5 Å². The summed E-state index contributed by atoms with van der Waals surface area (Å²) >= 11 is 0. The maximum absolute atomic E-state index is 13.4. The minimum Gasteiger partial charge on any atom is -0.481 e. The van der Waals surface area contributed by atoms with Gasteiger partial charge in [0.25, 0.3) is 0 Å². The molecule has 0 saturated heterocycles. The summed E-state index contributed by atoms with van der Waals surface area (Å²) < 4.78 is 0. The third-order valence-electron chi connectivity index (χ3n) is 6.64. The lowest BCUT2D eigenvalue weighted by Crippen LogP contribution is -2.57. The lowest BCUT2D eigenvalue weighted by atomic mass is 10.0. The Kier molecular flexibility index (Phi) is 13.2. The van der Waals surface area contributed by atoms with Crippen LogP contribution < -0.4 is 27.4 Å². The number of para-hydroxylation sites is 1. The smallest absolute Gasteiger partial charge is 0.326 e. The highest BCUT2D eigenvalue weighted by molar-refractivity contribution is 5.95. The molecule has 0 aliphatic carbocycles. The molecule has 2 rings (SSSR count). The number of aromatic nitrogens is 1. The molecule has 1 aromatic heterocycles. The zero-order chi connectivity index (χ0) is 30.5. The fourth-order valence-corrected chi connectivity index (χ4v) is 4.45. The first-order valence-corrected chi connectivity index (χ1v) is 13.8. The molecule has 4 atom stereocenters. The van der Waals surface area contributed by atoms with Crippen LogP contribution in [0.3, 0.4) is 0 Å². The van der Waals surface area contributed by atoms with Gasteiger partial charge in [-0.2, -0.15) is 0 Å². The topological polar surface area (TPSA) is 230 Å². The highest BCUT2D eigenvalue weighted by Gasteiger charge is 2.31. The van der Waals surface area contributed by atoms with Gasteiger partial charge in [-0.25, -0.2) is 4.79 Å². The Morgan fingerprint density at radius 1 is 0.878 bits per heavy atom. The van der Waals surface area contributed by atoms with Crippen molar-refractivity contribution < 1.29 is 34.2 Å². The van der Waals surface area contributed by atoms with Crippen molar-refractivity contribution >= 4 is 40.6 Å². The van der Waals surface area contributed by atoms with Gasteiger partial charge < -0.3 is 42.6 Å². The number of aliphatic carboxylic acids is 2. The largest absolute Gasteiger partial charge is 0.481 e. The van der Waals surface area contributed by atoms with Gasteiger partial charge in [0.05, 0.1) is 6.04 Å². The van der Waals surface area contributed by atoms with Crippen LogP contribution in [0, 0.1) is 5.92 Å². The van der Waals surface area contributed by atoms with Gasteiger partial charge in [0.2, 0.25) is 17.7 Å². The lowest BCUT2D eigenvalue weighted by Gasteiger charge is -2.25. The number of nitrogens with two attached hydrogens (primary N) is 2. The Hall–Kier alpha value is -3.97. The van der Waals surface area contributed by atoms with E-state index in [2.05, 4.69) is 20.9 Å². The van der Waals surface area contributed by atoms with Crippen molar-refractivity contribution in [2.24, 2.45) is 17.4 Å². The molecule has 0 saturated carbocycles. The average Bonchev–Trinajstić information content (AvgIpc) is 3.31. The monoisotopic (exact) mass is 574 g/mol. The van der Waals surface area contributed by atoms with Gasteiger partial charge in [-0.15, -0.1) is 0 Å². The molecule has 4 unspecified atom stereocenters. The second-order valence-corrected chi connectivity index (χ2v) is 10.5. The first kappa shape index (κ1) is 33.2. The summed E-state index contributed by atoms with van der Waals surface area (Å²) in [6.45, 7) is 4.15. The maximum Gasteiger partial charge on any atom is 0.326 e. The second kappa shape index (κ2) is 16.3. The minimum atomic E-state index is -1.28. The predicted octanol–water partition coefficient (Wildman–Crippen LogP) is 0.617. The number of H-pyrrole nitrogens is 1. The van der Waals surface area contributed by atoms with E-state index in [1.165, 1.54) is 0 Å². The van der Waals surface area contributed by atoms with E-state index < -0.39 is 60.2 Å². The van der Waals surface area contributed by atoms with Gasteiger partial charge in [0.1, 0.15) is 18.1 Å². The maximum atomic E-state index is 13.4. The molecule has 0 radical (unpaired) electrons. The van der Waals surface area contributed by atoms with Crippen molar-refractivity contribution in [3.63, 3.8) is 0 Å². The second-order valence-electron chi connectivity index (χ2n) is 10.5. The number of amides is 3. The number of fused-ring (bicyclic) bond motifs is 1. The highest BCUT2D eigenvalue weighted by atomic mass is 16.4. The molecule has 226 valence electrons. The van der Waals surface area contributed by atoms with Crippen molar-refractivity contribution in [3.05, 3.63) is 36.0 Å². The number of carbonyl (C=O) groups excluding carboxylic acids is 3. The molecular weight excluding hydrogens is 532 g/mol. The predicted molar refractivity (Wildman–Crippen MR) is 153 cm³/mol. The molecule has 0 spiro atoms.